The molecule has 2 heterocycles. The Balaban J connectivity index is 2.07. The molecule has 0 radical (unpaired) electrons. The number of alkyl halides is 1. The fourth-order valence-corrected chi connectivity index (χ4v) is 2.61. The summed E-state index contributed by atoms with van der Waals surface area (Å²) >= 11 is 5.80. The van der Waals surface area contributed by atoms with Crippen molar-refractivity contribution in [3.63, 3.8) is 0 Å². The van der Waals surface area contributed by atoms with Crippen molar-refractivity contribution in [2.75, 3.05) is 30.5 Å². The number of nitrogens with zero attached hydrogens (tertiary/aromatic N) is 2. The highest BCUT2D eigenvalue weighted by Crippen LogP contribution is 2.31. The van der Waals surface area contributed by atoms with Crippen LogP contribution in [-0.4, -0.2) is 30.6 Å². The van der Waals surface area contributed by atoms with E-state index in [0.29, 0.717) is 12.5 Å². The van der Waals surface area contributed by atoms with Crippen molar-refractivity contribution in [1.29, 1.82) is 0 Å². The second-order valence-corrected chi connectivity index (χ2v) is 4.71. The lowest BCUT2D eigenvalue weighted by Crippen LogP contribution is -2.21. The molecule has 1 aliphatic rings. The first-order valence-electron chi connectivity index (χ1n) is 6.24. The molecule has 0 bridgehead atoms. The summed E-state index contributed by atoms with van der Waals surface area (Å²) in [6.45, 7) is 4.77. The van der Waals surface area contributed by atoms with Crippen molar-refractivity contribution < 1.29 is 4.74 Å². The molecule has 0 aromatic carbocycles. The van der Waals surface area contributed by atoms with Crippen LogP contribution in [0.3, 0.4) is 0 Å². The number of halogens is 1. The van der Waals surface area contributed by atoms with Gasteiger partial charge in [0.15, 0.2) is 11.6 Å². The van der Waals surface area contributed by atoms with Gasteiger partial charge in [0.05, 0.1) is 6.61 Å². The highest BCUT2D eigenvalue weighted by Gasteiger charge is 2.24. The quantitative estimate of drug-likeness (QED) is 0.756. The zero-order valence-corrected chi connectivity index (χ0v) is 11.0. The van der Waals surface area contributed by atoms with E-state index in [4.69, 9.17) is 16.3 Å². The van der Waals surface area contributed by atoms with Crippen molar-refractivity contribution in [2.24, 2.45) is 5.92 Å². The van der Waals surface area contributed by atoms with Gasteiger partial charge in [-0.2, -0.15) is 0 Å². The van der Waals surface area contributed by atoms with Crippen LogP contribution in [0.4, 0.5) is 5.82 Å². The van der Waals surface area contributed by atoms with Gasteiger partial charge in [0.25, 0.3) is 0 Å². The van der Waals surface area contributed by atoms with Gasteiger partial charge >= 0.3 is 0 Å². The van der Waals surface area contributed by atoms with Gasteiger partial charge in [0.1, 0.15) is 0 Å². The number of hydrogen-bond acceptors (Lipinski definition) is 3. The average Bonchev–Trinajstić information content (AvgIpc) is 2.79. The minimum atomic E-state index is 0.678. The molecule has 3 nitrogen and oxygen atoms in total. The van der Waals surface area contributed by atoms with E-state index in [1.54, 1.807) is 0 Å². The van der Waals surface area contributed by atoms with E-state index in [0.717, 1.165) is 37.0 Å². The summed E-state index contributed by atoms with van der Waals surface area (Å²) in [5.41, 5.74) is 0. The van der Waals surface area contributed by atoms with Crippen LogP contribution in [0.2, 0.25) is 0 Å². The second-order valence-electron chi connectivity index (χ2n) is 4.34. The number of rotatable bonds is 5. The van der Waals surface area contributed by atoms with E-state index >= 15 is 0 Å². The van der Waals surface area contributed by atoms with Crippen LogP contribution in [-0.2, 0) is 0 Å². The Morgan fingerprint density at radius 3 is 3.24 bits per heavy atom. The topological polar surface area (TPSA) is 25.4 Å². The van der Waals surface area contributed by atoms with Gasteiger partial charge in [0, 0.05) is 25.2 Å². The normalized spacial score (nSPS) is 19.6. The molecule has 17 heavy (non-hydrogen) atoms. The Morgan fingerprint density at radius 2 is 2.47 bits per heavy atom. The standard InChI is InChI=1S/C13H19ClN2O/c1-2-17-12-4-3-8-15-13(12)16-9-6-11(10-16)5-7-14/h3-4,8,11H,2,5-7,9-10H2,1H3. The third-order valence-electron chi connectivity index (χ3n) is 3.15. The predicted molar refractivity (Wildman–Crippen MR) is 71.1 cm³/mol. The lowest BCUT2D eigenvalue weighted by molar-refractivity contribution is 0.339. The number of pyridine rings is 1. The smallest absolute Gasteiger partial charge is 0.171 e. The third kappa shape index (κ3) is 3.03. The molecule has 1 unspecified atom stereocenters. The van der Waals surface area contributed by atoms with E-state index in [9.17, 15) is 0 Å². The minimum Gasteiger partial charge on any atom is -0.490 e. The molecule has 1 atom stereocenters. The molecule has 0 amide bonds. The Bertz CT molecular complexity index is 359. The van der Waals surface area contributed by atoms with E-state index in [1.165, 1.54) is 6.42 Å². The van der Waals surface area contributed by atoms with Crippen molar-refractivity contribution in [3.8, 4) is 5.75 Å². The second kappa shape index (κ2) is 6.10. The van der Waals surface area contributed by atoms with Gasteiger partial charge in [-0.25, -0.2) is 4.98 Å². The first kappa shape index (κ1) is 12.5. The van der Waals surface area contributed by atoms with Gasteiger partial charge in [-0.3, -0.25) is 0 Å². The Labute approximate surface area is 108 Å². The number of anilines is 1. The van der Waals surface area contributed by atoms with Crippen LogP contribution in [0.1, 0.15) is 19.8 Å². The van der Waals surface area contributed by atoms with Crippen LogP contribution in [0.5, 0.6) is 5.75 Å². The Kier molecular flexibility index (Phi) is 4.49. The predicted octanol–water partition coefficient (Wildman–Crippen LogP) is 2.94. The number of ether oxygens (including phenoxy) is 1. The van der Waals surface area contributed by atoms with Gasteiger partial charge in [-0.1, -0.05) is 0 Å². The fourth-order valence-electron chi connectivity index (χ4n) is 2.30. The molecule has 1 saturated heterocycles. The van der Waals surface area contributed by atoms with E-state index in [2.05, 4.69) is 9.88 Å². The van der Waals surface area contributed by atoms with E-state index < -0.39 is 0 Å². The summed E-state index contributed by atoms with van der Waals surface area (Å²) in [5.74, 6) is 3.32. The molecular weight excluding hydrogens is 236 g/mol. The van der Waals surface area contributed by atoms with Crippen molar-refractivity contribution in [2.45, 2.75) is 19.8 Å². The molecule has 0 aliphatic carbocycles. The molecular formula is C13H19ClN2O. The summed E-state index contributed by atoms with van der Waals surface area (Å²) in [6, 6.07) is 3.90. The fraction of sp³-hybridized carbons (Fsp3) is 0.615. The van der Waals surface area contributed by atoms with Crippen LogP contribution in [0, 0.1) is 5.92 Å². The molecule has 1 aromatic rings. The van der Waals surface area contributed by atoms with Crippen LogP contribution < -0.4 is 9.64 Å². The van der Waals surface area contributed by atoms with Gasteiger partial charge in [-0.15, -0.1) is 11.6 Å². The molecule has 4 heteroatoms. The summed E-state index contributed by atoms with van der Waals surface area (Å²) in [6.07, 6.45) is 4.12. The highest BCUT2D eigenvalue weighted by molar-refractivity contribution is 6.17. The highest BCUT2D eigenvalue weighted by atomic mass is 35.5. The molecule has 1 fully saturated rings. The summed E-state index contributed by atoms with van der Waals surface area (Å²) in [5, 5.41) is 0. The zero-order valence-electron chi connectivity index (χ0n) is 10.2. The van der Waals surface area contributed by atoms with Crippen LogP contribution in [0.25, 0.3) is 0 Å². The van der Waals surface area contributed by atoms with E-state index in [-0.39, 0.29) is 0 Å². The van der Waals surface area contributed by atoms with Gasteiger partial charge in [-0.05, 0) is 37.8 Å². The zero-order chi connectivity index (χ0) is 12.1. The van der Waals surface area contributed by atoms with E-state index in [1.807, 2.05) is 25.3 Å². The molecule has 2 rings (SSSR count). The van der Waals surface area contributed by atoms with Crippen LogP contribution >= 0.6 is 11.6 Å². The largest absolute Gasteiger partial charge is 0.490 e. The maximum atomic E-state index is 5.80. The molecule has 0 N–H and O–H groups in total. The number of hydrogen-bond donors (Lipinski definition) is 0. The molecule has 0 spiro atoms. The Morgan fingerprint density at radius 1 is 1.59 bits per heavy atom. The Hall–Kier alpha value is -0.960. The molecule has 94 valence electrons. The van der Waals surface area contributed by atoms with Gasteiger partial charge < -0.3 is 9.64 Å². The van der Waals surface area contributed by atoms with Crippen molar-refractivity contribution in [1.82, 2.24) is 4.98 Å². The van der Waals surface area contributed by atoms with Crippen molar-refractivity contribution in [3.05, 3.63) is 18.3 Å². The molecule has 1 aliphatic heterocycles. The SMILES string of the molecule is CCOc1cccnc1N1CCC(CCCl)C1. The summed E-state index contributed by atoms with van der Waals surface area (Å²) in [4.78, 5) is 6.75. The average molecular weight is 255 g/mol. The summed E-state index contributed by atoms with van der Waals surface area (Å²) < 4.78 is 5.61. The molecule has 0 saturated carbocycles. The minimum absolute atomic E-state index is 0.678. The van der Waals surface area contributed by atoms with Crippen molar-refractivity contribution >= 4 is 17.4 Å². The summed E-state index contributed by atoms with van der Waals surface area (Å²) in [7, 11) is 0. The third-order valence-corrected chi connectivity index (χ3v) is 3.37. The number of aromatic nitrogens is 1. The monoisotopic (exact) mass is 254 g/mol. The molecule has 1 aromatic heterocycles. The lowest BCUT2D eigenvalue weighted by atomic mass is 10.1. The lowest BCUT2D eigenvalue weighted by Gasteiger charge is -2.20. The first-order valence-corrected chi connectivity index (χ1v) is 6.77. The first-order chi connectivity index (χ1) is 8.35. The maximum absolute atomic E-state index is 5.80. The van der Waals surface area contributed by atoms with Gasteiger partial charge in [0.2, 0.25) is 0 Å². The maximum Gasteiger partial charge on any atom is 0.171 e. The van der Waals surface area contributed by atoms with Crippen LogP contribution in [0.15, 0.2) is 18.3 Å².